The van der Waals surface area contributed by atoms with E-state index in [9.17, 15) is 9.59 Å². The van der Waals surface area contributed by atoms with Crippen molar-refractivity contribution in [3.63, 3.8) is 0 Å². The lowest BCUT2D eigenvalue weighted by Gasteiger charge is -2.19. The van der Waals surface area contributed by atoms with Crippen molar-refractivity contribution in [1.82, 2.24) is 4.98 Å². The quantitative estimate of drug-likeness (QED) is 0.688. The normalized spacial score (nSPS) is 13.3. The van der Waals surface area contributed by atoms with Crippen LogP contribution < -0.4 is 20.5 Å². The van der Waals surface area contributed by atoms with Crippen molar-refractivity contribution in [2.24, 2.45) is 0 Å². The highest BCUT2D eigenvalue weighted by Gasteiger charge is 2.16. The van der Waals surface area contributed by atoms with Gasteiger partial charge in [0, 0.05) is 11.8 Å². The summed E-state index contributed by atoms with van der Waals surface area (Å²) < 4.78 is 15.9. The molecule has 0 saturated carbocycles. The van der Waals surface area contributed by atoms with Gasteiger partial charge >= 0.3 is 5.76 Å². The summed E-state index contributed by atoms with van der Waals surface area (Å²) in [5, 5.41) is 3.14. The highest BCUT2D eigenvalue weighted by molar-refractivity contribution is 6.32. The Labute approximate surface area is 152 Å². The van der Waals surface area contributed by atoms with Crippen LogP contribution in [0, 0.1) is 0 Å². The first-order valence-corrected chi connectivity index (χ1v) is 8.17. The number of amides is 1. The van der Waals surface area contributed by atoms with E-state index in [1.54, 1.807) is 36.4 Å². The van der Waals surface area contributed by atoms with Crippen LogP contribution in [0.15, 0.2) is 45.6 Å². The number of H-pyrrole nitrogens is 1. The van der Waals surface area contributed by atoms with Gasteiger partial charge in [0.1, 0.15) is 13.2 Å². The van der Waals surface area contributed by atoms with Crippen molar-refractivity contribution in [3.05, 3.63) is 57.5 Å². The lowest BCUT2D eigenvalue weighted by atomic mass is 10.1. The number of hydrogen-bond acceptors (Lipinski definition) is 5. The van der Waals surface area contributed by atoms with Crippen LogP contribution in [0.25, 0.3) is 17.2 Å². The number of benzene rings is 2. The molecule has 8 heteroatoms. The van der Waals surface area contributed by atoms with E-state index in [2.05, 4.69) is 10.3 Å². The standard InChI is InChI=1S/C18H13ClN2O5/c19-12-7-10(8-15-17(12)25-6-5-24-15)1-4-16(22)20-11-2-3-14-13(9-11)21-18(23)26-14/h1-4,7-9H,5-6H2,(H,20,22)(H,21,23)/b4-1+. The molecule has 26 heavy (non-hydrogen) atoms. The van der Waals surface area contributed by atoms with Gasteiger partial charge < -0.3 is 19.2 Å². The Kier molecular flexibility index (Phi) is 4.14. The van der Waals surface area contributed by atoms with Crippen molar-refractivity contribution >= 4 is 40.4 Å². The summed E-state index contributed by atoms with van der Waals surface area (Å²) in [4.78, 5) is 25.8. The molecule has 0 unspecified atom stereocenters. The summed E-state index contributed by atoms with van der Waals surface area (Å²) in [7, 11) is 0. The van der Waals surface area contributed by atoms with Crippen LogP contribution in [-0.2, 0) is 4.79 Å². The third kappa shape index (κ3) is 3.29. The highest BCUT2D eigenvalue weighted by Crippen LogP contribution is 2.38. The molecular formula is C18H13ClN2O5. The Bertz CT molecular complexity index is 1080. The number of oxazole rings is 1. The minimum absolute atomic E-state index is 0.332. The minimum atomic E-state index is -0.543. The number of fused-ring (bicyclic) bond motifs is 2. The molecule has 1 aliphatic rings. The van der Waals surface area contributed by atoms with E-state index in [4.69, 9.17) is 25.5 Å². The van der Waals surface area contributed by atoms with Crippen LogP contribution in [0.1, 0.15) is 5.56 Å². The Balaban J connectivity index is 1.50. The molecule has 0 fully saturated rings. The maximum atomic E-state index is 12.1. The molecule has 0 bridgehead atoms. The first-order chi connectivity index (χ1) is 12.6. The molecule has 132 valence electrons. The molecule has 1 aromatic heterocycles. The number of aromatic amines is 1. The van der Waals surface area contributed by atoms with Crippen molar-refractivity contribution in [3.8, 4) is 11.5 Å². The van der Waals surface area contributed by atoms with E-state index in [1.165, 1.54) is 6.08 Å². The predicted octanol–water partition coefficient (Wildman–Crippen LogP) is 3.20. The molecule has 1 aliphatic heterocycles. The van der Waals surface area contributed by atoms with E-state index in [0.717, 1.165) is 0 Å². The molecule has 0 radical (unpaired) electrons. The summed E-state index contributed by atoms with van der Waals surface area (Å²) >= 11 is 6.17. The molecule has 0 saturated heterocycles. The van der Waals surface area contributed by atoms with E-state index in [-0.39, 0.29) is 5.91 Å². The lowest BCUT2D eigenvalue weighted by molar-refractivity contribution is -0.111. The Morgan fingerprint density at radius 2 is 2.04 bits per heavy atom. The predicted molar refractivity (Wildman–Crippen MR) is 96.9 cm³/mol. The number of hydrogen-bond donors (Lipinski definition) is 2. The fraction of sp³-hybridized carbons (Fsp3) is 0.111. The second kappa shape index (κ2) is 6.61. The first-order valence-electron chi connectivity index (χ1n) is 7.79. The van der Waals surface area contributed by atoms with Crippen LogP contribution in [0.3, 0.4) is 0 Å². The van der Waals surface area contributed by atoms with Gasteiger partial charge in [-0.15, -0.1) is 0 Å². The number of anilines is 1. The SMILES string of the molecule is O=C(/C=C/c1cc(Cl)c2c(c1)OCCO2)Nc1ccc2oc(=O)[nH]c2c1. The number of nitrogens with one attached hydrogen (secondary N) is 2. The molecule has 0 spiro atoms. The minimum Gasteiger partial charge on any atom is -0.486 e. The van der Waals surface area contributed by atoms with Gasteiger partial charge in [-0.3, -0.25) is 9.78 Å². The molecule has 1 amide bonds. The van der Waals surface area contributed by atoms with Crippen molar-refractivity contribution < 1.29 is 18.7 Å². The Morgan fingerprint density at radius 3 is 2.92 bits per heavy atom. The molecule has 0 aliphatic carbocycles. The summed E-state index contributed by atoms with van der Waals surface area (Å²) in [6, 6.07) is 8.32. The van der Waals surface area contributed by atoms with Gasteiger partial charge in [-0.2, -0.15) is 0 Å². The molecule has 4 rings (SSSR count). The number of carbonyl (C=O) groups is 1. The van der Waals surface area contributed by atoms with Crippen molar-refractivity contribution in [1.29, 1.82) is 0 Å². The van der Waals surface area contributed by atoms with Crippen LogP contribution >= 0.6 is 11.6 Å². The van der Waals surface area contributed by atoms with E-state index in [0.29, 0.717) is 52.1 Å². The van der Waals surface area contributed by atoms with Crippen LogP contribution in [0.4, 0.5) is 5.69 Å². The summed E-state index contributed by atoms with van der Waals surface area (Å²) in [5.41, 5.74) is 2.18. The zero-order valence-corrected chi connectivity index (χ0v) is 14.1. The first kappa shape index (κ1) is 16.3. The fourth-order valence-corrected chi connectivity index (χ4v) is 2.89. The van der Waals surface area contributed by atoms with Crippen LogP contribution in [-0.4, -0.2) is 24.1 Å². The third-order valence-corrected chi connectivity index (χ3v) is 4.01. The molecule has 2 heterocycles. The zero-order chi connectivity index (χ0) is 18.1. The Morgan fingerprint density at radius 1 is 1.19 bits per heavy atom. The van der Waals surface area contributed by atoms with Crippen molar-refractivity contribution in [2.45, 2.75) is 0 Å². The molecule has 2 aromatic carbocycles. The number of ether oxygens (including phenoxy) is 2. The third-order valence-electron chi connectivity index (χ3n) is 3.73. The van der Waals surface area contributed by atoms with Gasteiger partial charge in [0.2, 0.25) is 5.91 Å². The van der Waals surface area contributed by atoms with Crippen molar-refractivity contribution in [2.75, 3.05) is 18.5 Å². The monoisotopic (exact) mass is 372 g/mol. The van der Waals surface area contributed by atoms with Crippen LogP contribution in [0.2, 0.25) is 5.02 Å². The topological polar surface area (TPSA) is 93.6 Å². The second-order valence-electron chi connectivity index (χ2n) is 5.57. The van der Waals surface area contributed by atoms with Gasteiger partial charge in [0.25, 0.3) is 0 Å². The lowest BCUT2D eigenvalue weighted by Crippen LogP contribution is -2.15. The molecule has 0 atom stereocenters. The number of aromatic nitrogens is 1. The molecular weight excluding hydrogens is 360 g/mol. The largest absolute Gasteiger partial charge is 0.486 e. The fourth-order valence-electron chi connectivity index (χ4n) is 2.61. The highest BCUT2D eigenvalue weighted by atomic mass is 35.5. The van der Waals surface area contributed by atoms with Gasteiger partial charge in [-0.1, -0.05) is 11.6 Å². The van der Waals surface area contributed by atoms with Gasteiger partial charge in [0.05, 0.1) is 10.5 Å². The smallest absolute Gasteiger partial charge is 0.417 e. The maximum absolute atomic E-state index is 12.1. The summed E-state index contributed by atoms with van der Waals surface area (Å²) in [6.07, 6.45) is 3.00. The van der Waals surface area contributed by atoms with Gasteiger partial charge in [-0.25, -0.2) is 4.79 Å². The second-order valence-corrected chi connectivity index (χ2v) is 5.98. The number of carbonyl (C=O) groups excluding carboxylic acids is 1. The average Bonchev–Trinajstić information content (AvgIpc) is 2.99. The number of rotatable bonds is 3. The van der Waals surface area contributed by atoms with E-state index >= 15 is 0 Å². The van der Waals surface area contributed by atoms with E-state index < -0.39 is 5.76 Å². The molecule has 7 nitrogen and oxygen atoms in total. The molecule has 2 N–H and O–H groups in total. The summed E-state index contributed by atoms with van der Waals surface area (Å²) in [6.45, 7) is 0.909. The maximum Gasteiger partial charge on any atom is 0.417 e. The summed E-state index contributed by atoms with van der Waals surface area (Å²) in [5.74, 6) is 0.195. The van der Waals surface area contributed by atoms with E-state index in [1.807, 2.05) is 0 Å². The number of halogens is 1. The van der Waals surface area contributed by atoms with Gasteiger partial charge in [-0.05, 0) is 42.0 Å². The zero-order valence-electron chi connectivity index (χ0n) is 13.4. The van der Waals surface area contributed by atoms with Gasteiger partial charge in [0.15, 0.2) is 17.1 Å². The average molecular weight is 373 g/mol. The molecule has 3 aromatic rings. The van der Waals surface area contributed by atoms with Crippen LogP contribution in [0.5, 0.6) is 11.5 Å². The Hall–Kier alpha value is -3.19.